The summed E-state index contributed by atoms with van der Waals surface area (Å²) in [5.74, 6) is -0.260. The average Bonchev–Trinajstić information content (AvgIpc) is 3.35. The first-order chi connectivity index (χ1) is 17.3. The van der Waals surface area contributed by atoms with Crippen LogP contribution >= 0.6 is 34.5 Å². The summed E-state index contributed by atoms with van der Waals surface area (Å²) in [6.45, 7) is 4.43. The van der Waals surface area contributed by atoms with Crippen LogP contribution in [0.5, 0.6) is 0 Å². The third-order valence-electron chi connectivity index (χ3n) is 6.73. The second-order valence-corrected chi connectivity index (χ2v) is 11.1. The van der Waals surface area contributed by atoms with Crippen LogP contribution in [-0.4, -0.2) is 40.7 Å². The van der Waals surface area contributed by atoms with Crippen molar-refractivity contribution in [2.24, 2.45) is 0 Å². The molecule has 184 valence electrons. The first kappa shape index (κ1) is 24.8. The van der Waals surface area contributed by atoms with Gasteiger partial charge in [-0.25, -0.2) is 0 Å². The zero-order chi connectivity index (χ0) is 25.4. The Morgan fingerprint density at radius 1 is 1.00 bits per heavy atom. The van der Waals surface area contributed by atoms with Gasteiger partial charge in [0.25, 0.3) is 5.91 Å². The molecule has 5 rings (SSSR count). The van der Waals surface area contributed by atoms with E-state index in [1.165, 1.54) is 4.88 Å². The van der Waals surface area contributed by atoms with Gasteiger partial charge in [-0.1, -0.05) is 59.6 Å². The number of rotatable bonds is 5. The number of amides is 2. The third kappa shape index (κ3) is 4.75. The summed E-state index contributed by atoms with van der Waals surface area (Å²) in [5.41, 5.74) is 2.50. The molecule has 1 unspecified atom stereocenters. The summed E-state index contributed by atoms with van der Waals surface area (Å²) in [4.78, 5) is 32.1. The van der Waals surface area contributed by atoms with E-state index in [2.05, 4.69) is 11.4 Å². The zero-order valence-corrected chi connectivity index (χ0v) is 22.4. The molecule has 1 aliphatic rings. The van der Waals surface area contributed by atoms with Gasteiger partial charge in [-0.15, -0.1) is 11.3 Å². The summed E-state index contributed by atoms with van der Waals surface area (Å²) in [5, 5.41) is 5.20. The lowest BCUT2D eigenvalue weighted by molar-refractivity contribution is -0.134. The molecule has 0 N–H and O–H groups in total. The summed E-state index contributed by atoms with van der Waals surface area (Å²) in [6.07, 6.45) is 0.779. The van der Waals surface area contributed by atoms with E-state index < -0.39 is 0 Å². The topological polar surface area (TPSA) is 40.6 Å². The van der Waals surface area contributed by atoms with E-state index >= 15 is 0 Å². The van der Waals surface area contributed by atoms with Crippen LogP contribution in [0.2, 0.25) is 10.0 Å². The molecule has 1 aromatic heterocycles. The number of halogens is 2. The molecule has 0 bridgehead atoms. The number of hydrogen-bond acceptors (Lipinski definition) is 3. The fraction of sp³-hybridized carbons (Fsp3) is 0.241. The van der Waals surface area contributed by atoms with Crippen LogP contribution in [0, 0.1) is 0 Å². The zero-order valence-electron chi connectivity index (χ0n) is 20.1. The molecule has 0 radical (unpaired) electrons. The van der Waals surface area contributed by atoms with Crippen molar-refractivity contribution in [3.63, 3.8) is 0 Å². The highest BCUT2D eigenvalue weighted by Crippen LogP contribution is 2.41. The van der Waals surface area contributed by atoms with Gasteiger partial charge in [-0.3, -0.25) is 9.59 Å². The van der Waals surface area contributed by atoms with E-state index in [0.29, 0.717) is 22.2 Å². The van der Waals surface area contributed by atoms with E-state index in [-0.39, 0.29) is 30.4 Å². The minimum Gasteiger partial charge on any atom is -0.330 e. The minimum atomic E-state index is -0.318. The quantitative estimate of drug-likeness (QED) is 0.270. The van der Waals surface area contributed by atoms with Gasteiger partial charge in [0.1, 0.15) is 6.54 Å². The average molecular weight is 538 g/mol. The highest BCUT2D eigenvalue weighted by atomic mass is 35.5. The molecule has 4 nitrogen and oxygen atoms in total. The van der Waals surface area contributed by atoms with Crippen molar-refractivity contribution < 1.29 is 9.59 Å². The largest absolute Gasteiger partial charge is 0.330 e. The monoisotopic (exact) mass is 536 g/mol. The maximum absolute atomic E-state index is 13.8. The number of thiophene rings is 1. The van der Waals surface area contributed by atoms with Crippen molar-refractivity contribution in [2.45, 2.75) is 32.4 Å². The van der Waals surface area contributed by atoms with E-state index in [0.717, 1.165) is 28.3 Å². The van der Waals surface area contributed by atoms with Crippen molar-refractivity contribution in [2.75, 3.05) is 13.1 Å². The number of carbonyl (C=O) groups excluding carboxylic acids is 2. The molecule has 0 fully saturated rings. The molecule has 3 aromatic carbocycles. The normalized spacial score (nSPS) is 15.2. The first-order valence-electron chi connectivity index (χ1n) is 11.9. The van der Waals surface area contributed by atoms with E-state index in [1.54, 1.807) is 28.4 Å². The summed E-state index contributed by atoms with van der Waals surface area (Å²) in [6, 6.07) is 20.6. The van der Waals surface area contributed by atoms with Gasteiger partial charge in [0.05, 0.1) is 6.04 Å². The lowest BCUT2D eigenvalue weighted by atomic mass is 9.93. The van der Waals surface area contributed by atoms with Crippen LogP contribution in [0.1, 0.15) is 46.3 Å². The summed E-state index contributed by atoms with van der Waals surface area (Å²) >= 11 is 14.5. The Kier molecular flexibility index (Phi) is 7.07. The number of benzene rings is 3. The highest BCUT2D eigenvalue weighted by Gasteiger charge is 2.35. The Morgan fingerprint density at radius 3 is 2.53 bits per heavy atom. The second-order valence-electron chi connectivity index (χ2n) is 9.29. The van der Waals surface area contributed by atoms with Gasteiger partial charge in [0.2, 0.25) is 5.91 Å². The van der Waals surface area contributed by atoms with Gasteiger partial charge in [-0.05, 0) is 77.9 Å². The first-order valence-corrected chi connectivity index (χ1v) is 13.6. The Labute approximate surface area is 225 Å². The Balaban J connectivity index is 1.45. The maximum atomic E-state index is 13.8. The van der Waals surface area contributed by atoms with Gasteiger partial charge in [0.15, 0.2) is 0 Å². The van der Waals surface area contributed by atoms with E-state index in [1.807, 2.05) is 67.3 Å². The standard InChI is InChI=1S/C29H26Cl2N2O2S/c1-18(2)33(29(35)21-8-7-19-5-3-4-6-20(19)15-21)17-27(34)32-13-11-26-24(12-14-36-26)28(32)23-10-9-22(30)16-25(23)31/h3-10,12,14-16,18,28H,11,13,17H2,1-2H3. The Morgan fingerprint density at radius 2 is 1.78 bits per heavy atom. The van der Waals surface area contributed by atoms with Crippen LogP contribution in [0.3, 0.4) is 0 Å². The number of carbonyl (C=O) groups is 2. The minimum absolute atomic E-state index is 0.00942. The molecular weight excluding hydrogens is 511 g/mol. The van der Waals surface area contributed by atoms with Crippen LogP contribution in [-0.2, 0) is 11.2 Å². The Bertz CT molecular complexity index is 1450. The fourth-order valence-corrected chi connectivity index (χ4v) is 6.27. The molecule has 4 aromatic rings. The van der Waals surface area contributed by atoms with Crippen LogP contribution in [0.15, 0.2) is 72.1 Å². The predicted molar refractivity (Wildman–Crippen MR) is 148 cm³/mol. The molecule has 0 spiro atoms. The SMILES string of the molecule is CC(C)N(CC(=O)N1CCc2sccc2C1c1ccc(Cl)cc1Cl)C(=O)c1ccc2ccccc2c1. The fourth-order valence-electron chi connectivity index (χ4n) is 4.86. The van der Waals surface area contributed by atoms with Crippen molar-refractivity contribution >= 4 is 57.1 Å². The number of fused-ring (bicyclic) bond motifs is 2. The molecule has 2 amide bonds. The number of hydrogen-bond donors (Lipinski definition) is 0. The molecule has 7 heteroatoms. The van der Waals surface area contributed by atoms with Crippen molar-refractivity contribution in [1.29, 1.82) is 0 Å². The molecule has 2 heterocycles. The smallest absolute Gasteiger partial charge is 0.254 e. The van der Waals surface area contributed by atoms with Gasteiger partial charge in [0, 0.05) is 33.1 Å². The van der Waals surface area contributed by atoms with Crippen LogP contribution < -0.4 is 0 Å². The lowest BCUT2D eigenvalue weighted by Crippen LogP contribution is -2.48. The molecule has 1 aliphatic heterocycles. The molecule has 0 saturated heterocycles. The van der Waals surface area contributed by atoms with Gasteiger partial charge >= 0.3 is 0 Å². The second kappa shape index (κ2) is 10.3. The summed E-state index contributed by atoms with van der Waals surface area (Å²) < 4.78 is 0. The predicted octanol–water partition coefficient (Wildman–Crippen LogP) is 7.23. The summed E-state index contributed by atoms with van der Waals surface area (Å²) in [7, 11) is 0. The molecule has 0 saturated carbocycles. The lowest BCUT2D eigenvalue weighted by Gasteiger charge is -2.38. The van der Waals surface area contributed by atoms with Crippen molar-refractivity contribution in [1.82, 2.24) is 9.80 Å². The highest BCUT2D eigenvalue weighted by molar-refractivity contribution is 7.10. The molecular formula is C29H26Cl2N2O2S. The maximum Gasteiger partial charge on any atom is 0.254 e. The Hall–Kier alpha value is -2.86. The molecule has 36 heavy (non-hydrogen) atoms. The van der Waals surface area contributed by atoms with Crippen molar-refractivity contribution in [3.05, 3.63) is 104 Å². The number of nitrogens with zero attached hydrogens (tertiary/aromatic N) is 2. The molecule has 0 aliphatic carbocycles. The molecule has 1 atom stereocenters. The van der Waals surface area contributed by atoms with Gasteiger partial charge < -0.3 is 9.80 Å². The van der Waals surface area contributed by atoms with Crippen LogP contribution in [0.4, 0.5) is 0 Å². The van der Waals surface area contributed by atoms with E-state index in [4.69, 9.17) is 23.2 Å². The van der Waals surface area contributed by atoms with Crippen molar-refractivity contribution in [3.8, 4) is 0 Å². The third-order valence-corrected chi connectivity index (χ3v) is 8.29. The van der Waals surface area contributed by atoms with E-state index in [9.17, 15) is 9.59 Å². The van der Waals surface area contributed by atoms with Gasteiger partial charge in [-0.2, -0.15) is 0 Å². The van der Waals surface area contributed by atoms with Crippen LogP contribution in [0.25, 0.3) is 10.8 Å².